The smallest absolute Gasteiger partial charge is 0.375 e. The van der Waals surface area contributed by atoms with E-state index in [1.54, 1.807) is 6.20 Å². The molecule has 2 amide bonds. The maximum Gasteiger partial charge on any atom is 0.416 e. The van der Waals surface area contributed by atoms with E-state index in [2.05, 4.69) is 44.1 Å². The molecule has 0 unspecified atom stereocenters. The van der Waals surface area contributed by atoms with E-state index in [9.17, 15) is 22.8 Å². The van der Waals surface area contributed by atoms with Crippen molar-refractivity contribution in [2.45, 2.75) is 63.2 Å². The van der Waals surface area contributed by atoms with Crippen LogP contribution < -0.4 is 16.0 Å². The van der Waals surface area contributed by atoms with E-state index >= 15 is 0 Å². The zero-order valence-corrected chi connectivity index (χ0v) is 21.6. The maximum atomic E-state index is 12.6. The summed E-state index contributed by atoms with van der Waals surface area (Å²) in [5.74, 6) is 0.942. The molecule has 0 bridgehead atoms. The predicted molar refractivity (Wildman–Crippen MR) is 143 cm³/mol. The van der Waals surface area contributed by atoms with Crippen molar-refractivity contribution >= 4 is 18.0 Å². The van der Waals surface area contributed by atoms with Crippen LogP contribution in [0.5, 0.6) is 0 Å². The highest BCUT2D eigenvalue weighted by atomic mass is 19.4. The molecule has 0 spiro atoms. The summed E-state index contributed by atoms with van der Waals surface area (Å²) >= 11 is 0. The Labute approximate surface area is 226 Å². The van der Waals surface area contributed by atoms with Gasteiger partial charge in [0.15, 0.2) is 0 Å². The molecular weight excluding hydrogens is 507 g/mol. The second-order valence-electron chi connectivity index (χ2n) is 9.97. The Morgan fingerprint density at radius 2 is 1.87 bits per heavy atom. The van der Waals surface area contributed by atoms with E-state index in [1.807, 2.05) is 12.3 Å². The van der Waals surface area contributed by atoms with Crippen LogP contribution in [0.25, 0.3) is 0 Å². The second-order valence-corrected chi connectivity index (χ2v) is 9.97. The molecule has 1 aliphatic carbocycles. The molecule has 2 heterocycles. The van der Waals surface area contributed by atoms with E-state index in [4.69, 9.17) is 0 Å². The van der Waals surface area contributed by atoms with Crippen molar-refractivity contribution < 1.29 is 22.8 Å². The molecule has 39 heavy (non-hydrogen) atoms. The highest BCUT2D eigenvalue weighted by Crippen LogP contribution is 2.37. The Balaban J connectivity index is 0.000000181. The summed E-state index contributed by atoms with van der Waals surface area (Å²) in [4.78, 5) is 29.9. The number of carbonyl (C=O) groups excluding carboxylic acids is 2. The van der Waals surface area contributed by atoms with E-state index in [0.717, 1.165) is 69.3 Å². The lowest BCUT2D eigenvalue weighted by atomic mass is 9.84. The van der Waals surface area contributed by atoms with Crippen molar-refractivity contribution in [2.75, 3.05) is 11.9 Å². The molecule has 5 rings (SSSR count). The number of imidazole rings is 1. The number of aromatic amines is 1. The summed E-state index contributed by atoms with van der Waals surface area (Å²) in [5, 5.41) is 9.12. The van der Waals surface area contributed by atoms with Crippen LogP contribution in [0, 0.1) is 5.92 Å². The molecular formula is C29H34F3N5O2. The topological polar surface area (TPSA) is 98.9 Å². The van der Waals surface area contributed by atoms with Crippen LogP contribution in [0.1, 0.15) is 71.9 Å². The number of amides is 2. The second kappa shape index (κ2) is 13.3. The van der Waals surface area contributed by atoms with Crippen LogP contribution in [-0.4, -0.2) is 34.9 Å². The lowest BCUT2D eigenvalue weighted by Crippen LogP contribution is -2.36. The van der Waals surface area contributed by atoms with Gasteiger partial charge in [0.25, 0.3) is 5.91 Å². The number of nitrogens with zero attached hydrogens (tertiary/aromatic N) is 1. The van der Waals surface area contributed by atoms with Gasteiger partial charge in [-0.1, -0.05) is 43.5 Å². The first-order valence-electron chi connectivity index (χ1n) is 13.3. The molecule has 4 N–H and O–H groups in total. The zero-order chi connectivity index (χ0) is 27.7. The number of carbonyl (C=O) groups is 2. The Morgan fingerprint density at radius 1 is 1.08 bits per heavy atom. The maximum absolute atomic E-state index is 12.6. The minimum absolute atomic E-state index is 0.0698. The molecule has 7 nitrogen and oxygen atoms in total. The average Bonchev–Trinajstić information content (AvgIpc) is 3.48. The van der Waals surface area contributed by atoms with Gasteiger partial charge in [-0.05, 0) is 61.4 Å². The number of hydrogen-bond acceptors (Lipinski definition) is 4. The summed E-state index contributed by atoms with van der Waals surface area (Å²) in [7, 11) is 0. The number of H-pyrrole nitrogens is 1. The Morgan fingerprint density at radius 3 is 2.59 bits per heavy atom. The van der Waals surface area contributed by atoms with Crippen molar-refractivity contribution in [1.29, 1.82) is 0 Å². The largest absolute Gasteiger partial charge is 0.416 e. The van der Waals surface area contributed by atoms with Gasteiger partial charge in [-0.3, -0.25) is 9.59 Å². The number of hydrogen-bond donors (Lipinski definition) is 4. The van der Waals surface area contributed by atoms with Gasteiger partial charge in [-0.15, -0.1) is 0 Å². The fourth-order valence-electron chi connectivity index (χ4n) is 5.21. The standard InChI is InChI=1S/C15H18N4O.C14H16F3NO/c20-10-16-6-5-12-9-11-3-1-2-4-13(11)19-14(12)15-17-7-8-18-15;15-14(16,17)11-6-4-5-10(9-11)13(19)18-12-7-2-1-3-8-12/h1-4,7-8,10,12,14,19H,5-6,9H2,(H,16,20)(H,17,18);4-6,9,12H,1-3,7-8H2,(H,18,19)/t12-,14+;/m0./s1. The number of nitrogens with one attached hydrogen (secondary N) is 4. The summed E-state index contributed by atoms with van der Waals surface area (Å²) in [6, 6.07) is 13.2. The zero-order valence-electron chi connectivity index (χ0n) is 21.6. The number of fused-ring (bicyclic) bond motifs is 1. The van der Waals surface area contributed by atoms with Crippen LogP contribution in [0.15, 0.2) is 60.9 Å². The van der Waals surface area contributed by atoms with Crippen LogP contribution in [0.2, 0.25) is 0 Å². The Bertz CT molecular complexity index is 1210. The van der Waals surface area contributed by atoms with Crippen LogP contribution in [-0.2, 0) is 17.4 Å². The molecule has 1 fully saturated rings. The summed E-state index contributed by atoms with van der Waals surface area (Å²) < 4.78 is 37.7. The summed E-state index contributed by atoms with van der Waals surface area (Å²) in [6.07, 6.45) is 6.98. The van der Waals surface area contributed by atoms with Crippen molar-refractivity contribution in [1.82, 2.24) is 20.6 Å². The van der Waals surface area contributed by atoms with Gasteiger partial charge in [0.05, 0.1) is 11.6 Å². The number of rotatable bonds is 7. The number of benzene rings is 2. The highest BCUT2D eigenvalue weighted by Gasteiger charge is 2.31. The molecule has 1 saturated carbocycles. The van der Waals surface area contributed by atoms with Crippen LogP contribution >= 0.6 is 0 Å². The molecule has 1 aromatic heterocycles. The lowest BCUT2D eigenvalue weighted by molar-refractivity contribution is -0.137. The van der Waals surface area contributed by atoms with Gasteiger partial charge in [-0.2, -0.15) is 13.2 Å². The third-order valence-electron chi connectivity index (χ3n) is 7.23. The van der Waals surface area contributed by atoms with Gasteiger partial charge in [0, 0.05) is 36.2 Å². The van der Waals surface area contributed by atoms with Crippen molar-refractivity contribution in [3.63, 3.8) is 0 Å². The number of aromatic nitrogens is 2. The van der Waals surface area contributed by atoms with E-state index < -0.39 is 17.6 Å². The molecule has 0 saturated heterocycles. The van der Waals surface area contributed by atoms with E-state index in [0.29, 0.717) is 12.5 Å². The fraction of sp³-hybridized carbons (Fsp3) is 0.414. The van der Waals surface area contributed by atoms with Gasteiger partial charge < -0.3 is 20.9 Å². The SMILES string of the molecule is O=C(NC1CCCCC1)c1cccc(C(F)(F)F)c1.O=CNCC[C@H]1Cc2ccccc2N[C@H]1c1ncc[nH]1. The molecule has 208 valence electrons. The molecule has 1 aliphatic heterocycles. The van der Waals surface area contributed by atoms with Crippen LogP contribution in [0.4, 0.5) is 18.9 Å². The monoisotopic (exact) mass is 541 g/mol. The van der Waals surface area contributed by atoms with Crippen molar-refractivity contribution in [3.05, 3.63) is 83.4 Å². The van der Waals surface area contributed by atoms with Gasteiger partial charge in [-0.25, -0.2) is 4.98 Å². The quantitative estimate of drug-likeness (QED) is 0.230. The predicted octanol–water partition coefficient (Wildman–Crippen LogP) is 5.64. The average molecular weight is 542 g/mol. The number of alkyl halides is 3. The van der Waals surface area contributed by atoms with Gasteiger partial charge in [0.2, 0.25) is 6.41 Å². The number of para-hydroxylation sites is 1. The van der Waals surface area contributed by atoms with Crippen LogP contribution in [0.3, 0.4) is 0 Å². The Kier molecular flexibility index (Phi) is 9.62. The highest BCUT2D eigenvalue weighted by molar-refractivity contribution is 5.94. The number of anilines is 1. The van der Waals surface area contributed by atoms with E-state index in [-0.39, 0.29) is 17.6 Å². The molecule has 2 aliphatic rings. The van der Waals surface area contributed by atoms with Gasteiger partial charge >= 0.3 is 6.18 Å². The third kappa shape index (κ3) is 7.84. The molecule has 3 aromatic rings. The lowest BCUT2D eigenvalue weighted by Gasteiger charge is -2.33. The minimum atomic E-state index is -4.42. The normalized spacial score (nSPS) is 19.1. The number of halogens is 3. The fourth-order valence-corrected chi connectivity index (χ4v) is 5.21. The van der Waals surface area contributed by atoms with Crippen molar-refractivity contribution in [3.8, 4) is 0 Å². The summed E-state index contributed by atoms with van der Waals surface area (Å²) in [5.41, 5.74) is 1.78. The minimum Gasteiger partial charge on any atom is -0.375 e. The molecule has 0 radical (unpaired) electrons. The molecule has 10 heteroatoms. The molecule has 2 aromatic carbocycles. The third-order valence-corrected chi connectivity index (χ3v) is 7.23. The Hall–Kier alpha value is -3.82. The summed E-state index contributed by atoms with van der Waals surface area (Å²) in [6.45, 7) is 0.690. The van der Waals surface area contributed by atoms with Crippen molar-refractivity contribution in [2.24, 2.45) is 5.92 Å². The van der Waals surface area contributed by atoms with E-state index in [1.165, 1.54) is 23.4 Å². The first-order chi connectivity index (χ1) is 18.8. The first kappa shape index (κ1) is 28.2. The first-order valence-corrected chi connectivity index (χ1v) is 13.3. The van der Waals surface area contributed by atoms with Gasteiger partial charge in [0.1, 0.15) is 5.82 Å². The molecule has 2 atom stereocenters.